The maximum absolute atomic E-state index is 13.3. The summed E-state index contributed by atoms with van der Waals surface area (Å²) in [5, 5.41) is 21.0. The highest BCUT2D eigenvalue weighted by Gasteiger charge is 2.60. The van der Waals surface area contributed by atoms with Crippen molar-refractivity contribution >= 4 is 39.3 Å². The number of nitrogens with zero attached hydrogens (tertiary/aromatic N) is 4. The molecule has 1 N–H and O–H groups in total. The van der Waals surface area contributed by atoms with Gasteiger partial charge in [-0.1, -0.05) is 18.3 Å². The number of hydrogen-bond acceptors (Lipinski definition) is 7. The topological polar surface area (TPSA) is 118 Å². The molecular weight excluding hydrogens is 460 g/mol. The Morgan fingerprint density at radius 2 is 2.06 bits per heavy atom. The van der Waals surface area contributed by atoms with E-state index in [1.165, 1.54) is 40.5 Å². The first-order chi connectivity index (χ1) is 16.2. The van der Waals surface area contributed by atoms with Crippen LogP contribution in [0, 0.1) is 22.0 Å². The van der Waals surface area contributed by atoms with Crippen LogP contribution in [0.15, 0.2) is 48.7 Å². The molecule has 4 atom stereocenters. The molecule has 0 spiro atoms. The van der Waals surface area contributed by atoms with Crippen molar-refractivity contribution in [3.63, 3.8) is 0 Å². The van der Waals surface area contributed by atoms with Gasteiger partial charge in [-0.3, -0.25) is 14.9 Å². The van der Waals surface area contributed by atoms with Gasteiger partial charge in [-0.15, -0.1) is 0 Å². The van der Waals surface area contributed by atoms with E-state index in [2.05, 4.69) is 0 Å². The summed E-state index contributed by atoms with van der Waals surface area (Å²) in [5.74, 6) is -1.67. The first kappa shape index (κ1) is 22.2. The summed E-state index contributed by atoms with van der Waals surface area (Å²) in [6.07, 6.45) is 5.00. The van der Waals surface area contributed by atoms with Crippen molar-refractivity contribution in [3.8, 4) is 0 Å². The zero-order chi connectivity index (χ0) is 24.3. The predicted octanol–water partition coefficient (Wildman–Crippen LogP) is 2.05. The lowest BCUT2D eigenvalue weighted by Gasteiger charge is -2.46. The number of aromatic nitrogens is 2. The van der Waals surface area contributed by atoms with Crippen LogP contribution in [0.1, 0.15) is 24.3 Å². The Balaban J connectivity index is 1.48. The third-order valence-corrected chi connectivity index (χ3v) is 7.56. The van der Waals surface area contributed by atoms with Crippen molar-refractivity contribution in [1.82, 2.24) is 9.30 Å². The summed E-state index contributed by atoms with van der Waals surface area (Å²) in [6.45, 7) is 3.46. The summed E-state index contributed by atoms with van der Waals surface area (Å²) in [7, 11) is 1.93. The Hall–Kier alpha value is -3.57. The number of aliphatic hydroxyl groups excluding tert-OH is 1. The zero-order valence-electron chi connectivity index (χ0n) is 18.7. The van der Waals surface area contributed by atoms with Gasteiger partial charge in [0.1, 0.15) is 24.7 Å². The van der Waals surface area contributed by atoms with E-state index in [1.807, 2.05) is 41.7 Å². The smallest absolute Gasteiger partial charge is 0.355 e. The molecular formula is C23H23N4O6S+. The van der Waals surface area contributed by atoms with Crippen LogP contribution >= 0.6 is 11.3 Å². The summed E-state index contributed by atoms with van der Waals surface area (Å²) in [5.41, 5.74) is 1.48. The van der Waals surface area contributed by atoms with E-state index >= 15 is 0 Å². The second-order valence-corrected chi connectivity index (χ2v) is 9.83. The van der Waals surface area contributed by atoms with E-state index < -0.39 is 22.9 Å². The van der Waals surface area contributed by atoms with Gasteiger partial charge in [0.2, 0.25) is 17.1 Å². The average molecular weight is 484 g/mol. The van der Waals surface area contributed by atoms with E-state index in [4.69, 9.17) is 4.74 Å². The number of benzene rings is 1. The number of β-lactam (4-membered cyclic amide) rings is 1. The highest BCUT2D eigenvalue weighted by atomic mass is 32.1. The largest absolute Gasteiger partial charge is 0.456 e. The van der Waals surface area contributed by atoms with Crippen molar-refractivity contribution in [3.05, 3.63) is 69.2 Å². The van der Waals surface area contributed by atoms with Crippen LogP contribution in [0.2, 0.25) is 0 Å². The van der Waals surface area contributed by atoms with Gasteiger partial charge >= 0.3 is 5.97 Å². The molecule has 2 aliphatic rings. The highest BCUT2D eigenvalue weighted by molar-refractivity contribution is 7.18. The second kappa shape index (κ2) is 8.03. The Kier molecular flexibility index (Phi) is 5.25. The highest BCUT2D eigenvalue weighted by Crippen LogP contribution is 2.51. The molecule has 2 aromatic heterocycles. The van der Waals surface area contributed by atoms with E-state index in [9.17, 15) is 24.8 Å². The number of nitro groups is 1. The number of imidazole rings is 1. The molecule has 2 aliphatic heterocycles. The average Bonchev–Trinajstić information content (AvgIpc) is 3.39. The Morgan fingerprint density at radius 3 is 2.68 bits per heavy atom. The number of rotatable bonds is 6. The number of thiazole rings is 1. The Labute approximate surface area is 198 Å². The maximum Gasteiger partial charge on any atom is 0.355 e. The molecule has 11 heteroatoms. The number of hydrogen-bond donors (Lipinski definition) is 1. The number of ether oxygens (including phenoxy) is 1. The minimum atomic E-state index is -0.828. The molecule has 1 aromatic carbocycles. The van der Waals surface area contributed by atoms with Gasteiger partial charge in [0.25, 0.3) is 5.69 Å². The molecule has 4 heterocycles. The second-order valence-electron chi connectivity index (χ2n) is 8.77. The lowest BCUT2D eigenvalue weighted by molar-refractivity contribution is -0.669. The van der Waals surface area contributed by atoms with Crippen molar-refractivity contribution in [1.29, 1.82) is 0 Å². The summed E-state index contributed by atoms with van der Waals surface area (Å²) in [4.78, 5) is 39.9. The van der Waals surface area contributed by atoms with Gasteiger partial charge in [0.05, 0.1) is 34.9 Å². The van der Waals surface area contributed by atoms with Gasteiger partial charge in [-0.05, 0) is 24.6 Å². The maximum atomic E-state index is 13.3. The fraction of sp³-hybridized carbons (Fsp3) is 0.348. The molecule has 1 saturated heterocycles. The summed E-state index contributed by atoms with van der Waals surface area (Å²) < 4.78 is 9.45. The molecule has 0 radical (unpaired) electrons. The van der Waals surface area contributed by atoms with E-state index in [-0.39, 0.29) is 35.9 Å². The Bertz CT molecular complexity index is 1320. The van der Waals surface area contributed by atoms with Crippen LogP contribution in [0.25, 0.3) is 10.4 Å². The first-order valence-electron chi connectivity index (χ1n) is 10.8. The van der Waals surface area contributed by atoms with Crippen LogP contribution in [0.4, 0.5) is 5.69 Å². The fourth-order valence-corrected chi connectivity index (χ4v) is 6.12. The quantitative estimate of drug-likeness (QED) is 0.189. The van der Waals surface area contributed by atoms with Crippen molar-refractivity contribution in [2.45, 2.75) is 32.6 Å². The van der Waals surface area contributed by atoms with Crippen LogP contribution in [-0.4, -0.2) is 43.4 Å². The monoisotopic (exact) mass is 483 g/mol. The standard InChI is InChI=1S/C23H23N4O6S/c1-12-18(16-8-25-11-24(3)9-17(25)34-16)21(26-20(12)19(13(2)28)22(26)29)23(30)33-10-14-4-6-15(7-5-14)27(31)32/h4-9,11-13,19-20,28H,10H2,1-3H3/q+1/t12-,13+,19+,20+/m0/s1. The number of fused-ring (bicyclic) bond motifs is 2. The van der Waals surface area contributed by atoms with Gasteiger partial charge in [-0.2, -0.15) is 4.40 Å². The van der Waals surface area contributed by atoms with Crippen LogP contribution in [-0.2, 0) is 28.0 Å². The molecule has 0 saturated carbocycles. The van der Waals surface area contributed by atoms with Crippen molar-refractivity contribution in [2.24, 2.45) is 18.9 Å². The third kappa shape index (κ3) is 3.39. The third-order valence-electron chi connectivity index (χ3n) is 6.49. The van der Waals surface area contributed by atoms with E-state index in [1.54, 1.807) is 6.92 Å². The summed E-state index contributed by atoms with van der Waals surface area (Å²) in [6, 6.07) is 5.44. The molecule has 0 aliphatic carbocycles. The molecule has 1 amide bonds. The van der Waals surface area contributed by atoms with Crippen LogP contribution in [0.3, 0.4) is 0 Å². The number of carbonyl (C=O) groups is 2. The molecule has 3 aromatic rings. The number of carbonyl (C=O) groups excluding carboxylic acids is 2. The van der Waals surface area contributed by atoms with Gasteiger partial charge in [-0.25, -0.2) is 9.36 Å². The number of esters is 1. The molecule has 176 valence electrons. The zero-order valence-corrected chi connectivity index (χ0v) is 19.6. The van der Waals surface area contributed by atoms with Gasteiger partial charge in [0, 0.05) is 23.6 Å². The summed E-state index contributed by atoms with van der Waals surface area (Å²) >= 11 is 1.51. The van der Waals surface area contributed by atoms with Crippen molar-refractivity contribution < 1.29 is 28.9 Å². The van der Waals surface area contributed by atoms with Gasteiger partial charge in [0.15, 0.2) is 0 Å². The predicted molar refractivity (Wildman–Crippen MR) is 121 cm³/mol. The first-order valence-corrected chi connectivity index (χ1v) is 11.6. The van der Waals surface area contributed by atoms with Gasteiger partial charge < -0.3 is 14.7 Å². The number of aliphatic hydroxyl groups is 1. The number of non-ortho nitro benzene ring substituents is 1. The lowest BCUT2D eigenvalue weighted by Crippen LogP contribution is -2.63. The normalized spacial score (nSPS) is 22.6. The fourth-order valence-electron chi connectivity index (χ4n) is 4.91. The van der Waals surface area contributed by atoms with Crippen LogP contribution < -0.4 is 4.57 Å². The molecule has 0 bridgehead atoms. The van der Waals surface area contributed by atoms with E-state index in [0.717, 1.165) is 15.3 Å². The minimum Gasteiger partial charge on any atom is -0.456 e. The van der Waals surface area contributed by atoms with Crippen LogP contribution in [0.5, 0.6) is 0 Å². The number of aryl methyl sites for hydroxylation is 1. The number of amides is 1. The lowest BCUT2D eigenvalue weighted by atomic mass is 9.77. The molecule has 0 unspecified atom stereocenters. The molecule has 5 rings (SSSR count). The molecule has 34 heavy (non-hydrogen) atoms. The van der Waals surface area contributed by atoms with Crippen molar-refractivity contribution in [2.75, 3.05) is 0 Å². The minimum absolute atomic E-state index is 0.0506. The van der Waals surface area contributed by atoms with E-state index in [0.29, 0.717) is 5.56 Å². The molecule has 1 fully saturated rings. The number of nitro benzene ring substituents is 1. The SMILES string of the molecule is C[C@@H](O)[C@H]1C(=O)N2C(C(=O)OCc3ccc([N+](=O)[O-])cc3)=C(c3cn4c[n+](C)cc4s3)[C@H](C)[C@H]12. The molecule has 10 nitrogen and oxygen atoms in total. The Morgan fingerprint density at radius 1 is 1.35 bits per heavy atom.